The van der Waals surface area contributed by atoms with E-state index in [0.717, 1.165) is 0 Å². The molecule has 0 fully saturated rings. The van der Waals surface area contributed by atoms with Crippen LogP contribution in [0.15, 0.2) is 61.1 Å². The number of aliphatic hydroxyl groups is 1. The summed E-state index contributed by atoms with van der Waals surface area (Å²) in [7, 11) is 1.53. The number of aryl methyl sites for hydroxylation is 1. The van der Waals surface area contributed by atoms with Crippen LogP contribution in [0, 0.1) is 0 Å². The number of halogens is 3. The first-order valence-electron chi connectivity index (χ1n) is 11.7. The minimum atomic E-state index is -3.10. The summed E-state index contributed by atoms with van der Waals surface area (Å²) in [5, 5.41) is 20.6. The minimum Gasteiger partial charge on any atom is -0.506 e. The molecule has 2 amide bonds. The highest BCUT2D eigenvalue weighted by atomic mass is 35.5. The van der Waals surface area contributed by atoms with Gasteiger partial charge in [-0.05, 0) is 34.9 Å². The summed E-state index contributed by atoms with van der Waals surface area (Å²) in [5.74, 6) is -5.42. The van der Waals surface area contributed by atoms with Crippen LogP contribution in [0.3, 0.4) is 0 Å². The van der Waals surface area contributed by atoms with E-state index < -0.39 is 31.0 Å². The number of aromatic hydroxyl groups is 1. The maximum Gasteiger partial charge on any atom is 0.328 e. The number of hydrogen-bond donors (Lipinski definition) is 2. The van der Waals surface area contributed by atoms with Crippen molar-refractivity contribution in [2.75, 3.05) is 13.2 Å². The monoisotopic (exact) mass is 570 g/mol. The number of carbonyl (C=O) groups is 2. The van der Waals surface area contributed by atoms with Gasteiger partial charge in [-0.2, -0.15) is 4.39 Å². The third kappa shape index (κ3) is 4.65. The van der Waals surface area contributed by atoms with Gasteiger partial charge in [-0.1, -0.05) is 41.4 Å². The SMILES string of the molecule is Cn1ccnc1C(=O)N1C(=O)c2ccc(Cc3ncc(Cl)cc3O)c(-c3ccc(Cl)cc3)c2[C@]1(F)OCCO. The summed E-state index contributed by atoms with van der Waals surface area (Å²) in [5.41, 5.74) is 1.09. The molecule has 39 heavy (non-hydrogen) atoms. The molecule has 0 radical (unpaired) electrons. The van der Waals surface area contributed by atoms with Gasteiger partial charge < -0.3 is 19.5 Å². The summed E-state index contributed by atoms with van der Waals surface area (Å²) in [4.78, 5) is 35.7. The highest BCUT2D eigenvalue weighted by molar-refractivity contribution is 6.31. The maximum atomic E-state index is 17.3. The lowest BCUT2D eigenvalue weighted by atomic mass is 9.88. The number of alkyl halides is 1. The zero-order valence-corrected chi connectivity index (χ0v) is 21.9. The molecule has 12 heteroatoms. The van der Waals surface area contributed by atoms with Gasteiger partial charge >= 0.3 is 11.9 Å². The average Bonchev–Trinajstić information content (AvgIpc) is 3.43. The fourth-order valence-corrected chi connectivity index (χ4v) is 4.86. The second kappa shape index (κ2) is 10.4. The lowest BCUT2D eigenvalue weighted by molar-refractivity contribution is -0.217. The molecule has 0 saturated carbocycles. The summed E-state index contributed by atoms with van der Waals surface area (Å²) in [6.07, 6.45) is 4.22. The van der Waals surface area contributed by atoms with Crippen molar-refractivity contribution in [3.05, 3.63) is 99.3 Å². The average molecular weight is 571 g/mol. The number of pyridine rings is 1. The Morgan fingerprint density at radius 2 is 1.87 bits per heavy atom. The number of amides is 2. The molecule has 0 unspecified atom stereocenters. The number of hydrogen-bond acceptors (Lipinski definition) is 7. The van der Waals surface area contributed by atoms with Crippen LogP contribution >= 0.6 is 23.2 Å². The van der Waals surface area contributed by atoms with E-state index >= 15 is 4.39 Å². The fraction of sp³-hybridized carbons (Fsp3) is 0.185. The van der Waals surface area contributed by atoms with Crippen LogP contribution < -0.4 is 0 Å². The zero-order valence-electron chi connectivity index (χ0n) is 20.4. The van der Waals surface area contributed by atoms with Crippen LogP contribution in [-0.4, -0.2) is 54.7 Å². The Bertz CT molecular complexity index is 1590. The van der Waals surface area contributed by atoms with E-state index in [2.05, 4.69) is 9.97 Å². The van der Waals surface area contributed by atoms with Gasteiger partial charge in [0.1, 0.15) is 5.75 Å². The van der Waals surface area contributed by atoms with Crippen LogP contribution in [-0.2, 0) is 24.2 Å². The Morgan fingerprint density at radius 1 is 1.13 bits per heavy atom. The van der Waals surface area contributed by atoms with E-state index in [4.69, 9.17) is 27.9 Å². The molecule has 0 saturated heterocycles. The molecule has 0 bridgehead atoms. The second-order valence-corrected chi connectivity index (χ2v) is 9.64. The third-order valence-electron chi connectivity index (χ3n) is 6.33. The van der Waals surface area contributed by atoms with E-state index in [1.54, 1.807) is 30.3 Å². The minimum absolute atomic E-state index is 0.0197. The molecule has 1 aliphatic rings. The second-order valence-electron chi connectivity index (χ2n) is 8.77. The number of carbonyl (C=O) groups excluding carboxylic acids is 2. The summed E-state index contributed by atoms with van der Waals surface area (Å²) in [6, 6.07) is 10.8. The highest BCUT2D eigenvalue weighted by Crippen LogP contribution is 2.49. The molecule has 4 aromatic rings. The van der Waals surface area contributed by atoms with Gasteiger partial charge in [-0.3, -0.25) is 14.6 Å². The van der Waals surface area contributed by atoms with Gasteiger partial charge in [-0.15, -0.1) is 0 Å². The lowest BCUT2D eigenvalue weighted by Crippen LogP contribution is -2.47. The molecule has 1 atom stereocenters. The van der Waals surface area contributed by atoms with Crippen molar-refractivity contribution >= 4 is 35.0 Å². The number of rotatable bonds is 7. The molecular formula is C27H21Cl2FN4O5. The number of imide groups is 1. The van der Waals surface area contributed by atoms with E-state index in [0.29, 0.717) is 21.0 Å². The van der Waals surface area contributed by atoms with Crippen molar-refractivity contribution in [3.8, 4) is 16.9 Å². The predicted octanol–water partition coefficient (Wildman–Crippen LogP) is 4.47. The van der Waals surface area contributed by atoms with Gasteiger partial charge in [0.15, 0.2) is 5.82 Å². The molecular weight excluding hydrogens is 550 g/mol. The van der Waals surface area contributed by atoms with Gasteiger partial charge in [0.25, 0.3) is 5.91 Å². The topological polar surface area (TPSA) is 118 Å². The summed E-state index contributed by atoms with van der Waals surface area (Å²) < 4.78 is 24.1. The van der Waals surface area contributed by atoms with E-state index in [9.17, 15) is 19.8 Å². The van der Waals surface area contributed by atoms with Crippen LogP contribution in [0.1, 0.15) is 37.8 Å². The number of benzene rings is 2. The van der Waals surface area contributed by atoms with Crippen molar-refractivity contribution in [1.82, 2.24) is 19.4 Å². The van der Waals surface area contributed by atoms with Crippen molar-refractivity contribution in [3.63, 3.8) is 0 Å². The molecule has 200 valence electrons. The summed E-state index contributed by atoms with van der Waals surface area (Å²) >= 11 is 12.0. The first-order valence-corrected chi connectivity index (χ1v) is 12.5. The number of ether oxygens (including phenoxy) is 1. The number of fused-ring (bicyclic) bond motifs is 1. The Kier molecular flexibility index (Phi) is 7.13. The Morgan fingerprint density at radius 3 is 2.51 bits per heavy atom. The molecule has 9 nitrogen and oxygen atoms in total. The van der Waals surface area contributed by atoms with Crippen molar-refractivity contribution in [1.29, 1.82) is 0 Å². The first kappa shape index (κ1) is 26.8. The molecule has 0 aliphatic carbocycles. The molecule has 2 aromatic heterocycles. The summed E-state index contributed by atoms with van der Waals surface area (Å²) in [6.45, 7) is -1.09. The van der Waals surface area contributed by atoms with Crippen molar-refractivity contribution in [2.24, 2.45) is 7.05 Å². The fourth-order valence-electron chi connectivity index (χ4n) is 4.59. The van der Waals surface area contributed by atoms with E-state index in [1.807, 2.05) is 0 Å². The third-order valence-corrected chi connectivity index (χ3v) is 6.78. The first-order chi connectivity index (χ1) is 18.7. The smallest absolute Gasteiger partial charge is 0.328 e. The van der Waals surface area contributed by atoms with Crippen LogP contribution in [0.5, 0.6) is 5.75 Å². The Labute approximate surface area is 232 Å². The van der Waals surface area contributed by atoms with Crippen LogP contribution in [0.25, 0.3) is 11.1 Å². The zero-order chi connectivity index (χ0) is 27.9. The number of aliphatic hydroxyl groups excluding tert-OH is 1. The van der Waals surface area contributed by atoms with Gasteiger partial charge in [0.2, 0.25) is 0 Å². The molecule has 1 aliphatic heterocycles. The normalized spacial score (nSPS) is 16.5. The molecule has 2 N–H and O–H groups in total. The molecule has 5 rings (SSSR count). The van der Waals surface area contributed by atoms with Gasteiger partial charge in [0, 0.05) is 43.1 Å². The van der Waals surface area contributed by atoms with E-state index in [1.165, 1.54) is 42.3 Å². The van der Waals surface area contributed by atoms with E-state index in [-0.39, 0.29) is 45.4 Å². The number of imidazole rings is 1. The number of nitrogens with zero attached hydrogens (tertiary/aromatic N) is 4. The highest BCUT2D eigenvalue weighted by Gasteiger charge is 2.57. The maximum absolute atomic E-state index is 17.3. The van der Waals surface area contributed by atoms with Gasteiger partial charge in [-0.25, -0.2) is 9.88 Å². The molecule has 3 heterocycles. The standard InChI is InChI=1S/C27H21Cl2FN4O5/c1-33-9-8-31-24(33)26(38)34-25(37)19-7-4-16(12-20-21(36)13-18(29)14-32-20)22(15-2-5-17(28)6-3-15)23(19)27(34,30)39-11-10-35/h2-9,13-14,35-36H,10-12H2,1H3/t27-/m1/s1. The predicted molar refractivity (Wildman–Crippen MR) is 140 cm³/mol. The van der Waals surface area contributed by atoms with Gasteiger partial charge in [0.05, 0.1) is 35.1 Å². The Balaban J connectivity index is 1.76. The van der Waals surface area contributed by atoms with Crippen LogP contribution in [0.4, 0.5) is 4.39 Å². The molecule has 2 aromatic carbocycles. The Hall–Kier alpha value is -3.83. The number of aromatic nitrogens is 3. The molecule has 0 spiro atoms. The largest absolute Gasteiger partial charge is 0.506 e. The van der Waals surface area contributed by atoms with Crippen molar-refractivity contribution < 1.29 is 28.9 Å². The van der Waals surface area contributed by atoms with Crippen LogP contribution in [0.2, 0.25) is 10.0 Å². The quantitative estimate of drug-likeness (QED) is 0.248. The lowest BCUT2D eigenvalue weighted by Gasteiger charge is -2.31. The van der Waals surface area contributed by atoms with Crippen molar-refractivity contribution in [2.45, 2.75) is 12.4 Å².